The normalized spacial score (nSPS) is 9.95. The molecule has 1 heterocycles. The fourth-order valence-corrected chi connectivity index (χ4v) is 2.10. The highest BCUT2D eigenvalue weighted by Gasteiger charge is 2.10. The second kappa shape index (κ2) is 6.95. The molecule has 114 valence electrons. The van der Waals surface area contributed by atoms with E-state index in [0.29, 0.717) is 17.2 Å². The van der Waals surface area contributed by atoms with E-state index < -0.39 is 0 Å². The van der Waals surface area contributed by atoms with E-state index in [2.05, 4.69) is 20.7 Å². The number of carbonyl (C=O) groups is 1. The van der Waals surface area contributed by atoms with Crippen molar-refractivity contribution in [2.75, 3.05) is 12.1 Å². The molecule has 6 nitrogen and oxygen atoms in total. The predicted octanol–water partition coefficient (Wildman–Crippen LogP) is 1.75. The van der Waals surface area contributed by atoms with Crippen LogP contribution >= 0.6 is 12.2 Å². The summed E-state index contributed by atoms with van der Waals surface area (Å²) in [6, 6.07) is 10.7. The third kappa shape index (κ3) is 4.23. The van der Waals surface area contributed by atoms with Gasteiger partial charge in [0, 0.05) is 24.4 Å². The van der Waals surface area contributed by atoms with Crippen LogP contribution in [0.2, 0.25) is 0 Å². The van der Waals surface area contributed by atoms with Crippen molar-refractivity contribution in [1.82, 2.24) is 20.7 Å². The van der Waals surface area contributed by atoms with Crippen LogP contribution < -0.4 is 15.8 Å². The maximum absolute atomic E-state index is 12.0. The molecule has 2 aromatic rings. The number of thiocarbonyl (C=S) groups is 1. The van der Waals surface area contributed by atoms with Crippen molar-refractivity contribution >= 4 is 29.1 Å². The van der Waals surface area contributed by atoms with Gasteiger partial charge in [-0.25, -0.2) is 9.97 Å². The summed E-state index contributed by atoms with van der Waals surface area (Å²) >= 11 is 5.14. The first kappa shape index (κ1) is 15.8. The van der Waals surface area contributed by atoms with Crippen LogP contribution in [-0.4, -0.2) is 28.0 Å². The molecule has 0 aliphatic carbocycles. The van der Waals surface area contributed by atoms with Crippen LogP contribution in [0.25, 0.3) is 0 Å². The van der Waals surface area contributed by atoms with Crippen molar-refractivity contribution in [3.05, 3.63) is 53.5 Å². The number of rotatable bonds is 3. The molecule has 1 aromatic carbocycles. The summed E-state index contributed by atoms with van der Waals surface area (Å²) in [6.45, 7) is 3.71. The Bertz CT molecular complexity index is 669. The molecule has 2 N–H and O–H groups in total. The maximum Gasteiger partial charge on any atom is 0.257 e. The molecular formula is C15H17N5OS. The van der Waals surface area contributed by atoms with Crippen LogP contribution in [0.4, 0.5) is 5.82 Å². The molecule has 0 spiro atoms. The van der Waals surface area contributed by atoms with Crippen LogP contribution in [0.1, 0.15) is 21.9 Å². The number of benzene rings is 1. The number of hydrogen-bond acceptors (Lipinski definition) is 5. The highest BCUT2D eigenvalue weighted by Crippen LogP contribution is 2.08. The lowest BCUT2D eigenvalue weighted by Gasteiger charge is -2.21. The van der Waals surface area contributed by atoms with Gasteiger partial charge in [-0.2, -0.15) is 0 Å². The molecule has 7 heteroatoms. The average Bonchev–Trinajstić information content (AvgIpc) is 2.47. The molecule has 0 radical (unpaired) electrons. The Hall–Kier alpha value is -2.54. The molecule has 0 saturated heterocycles. The Balaban J connectivity index is 1.98. The molecule has 1 aromatic heterocycles. The lowest BCUT2D eigenvalue weighted by molar-refractivity contribution is 0.0976. The fourth-order valence-electron chi connectivity index (χ4n) is 1.87. The van der Waals surface area contributed by atoms with Crippen LogP contribution in [0.5, 0.6) is 0 Å². The Morgan fingerprint density at radius 2 is 1.86 bits per heavy atom. The summed E-state index contributed by atoms with van der Waals surface area (Å²) in [4.78, 5) is 20.5. The van der Waals surface area contributed by atoms with Crippen LogP contribution in [-0.2, 0) is 0 Å². The monoisotopic (exact) mass is 315 g/mol. The first-order valence-corrected chi connectivity index (χ1v) is 7.09. The largest absolute Gasteiger partial charge is 0.298 e. The van der Waals surface area contributed by atoms with Gasteiger partial charge in [-0.1, -0.05) is 18.2 Å². The van der Waals surface area contributed by atoms with E-state index in [1.165, 1.54) is 0 Å². The van der Waals surface area contributed by atoms with E-state index >= 15 is 0 Å². The maximum atomic E-state index is 12.0. The minimum atomic E-state index is -0.262. The second-order valence-electron chi connectivity index (χ2n) is 4.73. The summed E-state index contributed by atoms with van der Waals surface area (Å²) < 4.78 is 0. The Morgan fingerprint density at radius 3 is 2.50 bits per heavy atom. The van der Waals surface area contributed by atoms with E-state index in [0.717, 1.165) is 5.69 Å². The third-order valence-electron chi connectivity index (χ3n) is 2.83. The van der Waals surface area contributed by atoms with Gasteiger partial charge < -0.3 is 0 Å². The van der Waals surface area contributed by atoms with Gasteiger partial charge >= 0.3 is 0 Å². The molecule has 22 heavy (non-hydrogen) atoms. The molecule has 0 bridgehead atoms. The molecule has 0 aliphatic heterocycles. The van der Waals surface area contributed by atoms with E-state index in [1.807, 2.05) is 26.0 Å². The molecule has 0 aliphatic rings. The Kier molecular flexibility index (Phi) is 5.00. The smallest absolute Gasteiger partial charge is 0.257 e. The topological polar surface area (TPSA) is 70.2 Å². The zero-order chi connectivity index (χ0) is 16.1. The highest BCUT2D eigenvalue weighted by molar-refractivity contribution is 7.80. The van der Waals surface area contributed by atoms with Gasteiger partial charge in [0.2, 0.25) is 0 Å². The summed E-state index contributed by atoms with van der Waals surface area (Å²) in [6.07, 6.45) is 0. The van der Waals surface area contributed by atoms with Crippen LogP contribution in [0.3, 0.4) is 0 Å². The van der Waals surface area contributed by atoms with Gasteiger partial charge in [0.1, 0.15) is 5.82 Å². The minimum absolute atomic E-state index is 0.199. The molecule has 0 saturated carbocycles. The lowest BCUT2D eigenvalue weighted by Crippen LogP contribution is -2.47. The number of amides is 1. The van der Waals surface area contributed by atoms with Gasteiger partial charge in [-0.3, -0.25) is 20.5 Å². The van der Waals surface area contributed by atoms with Crippen LogP contribution in [0.15, 0.2) is 36.4 Å². The van der Waals surface area contributed by atoms with E-state index in [4.69, 9.17) is 12.2 Å². The Morgan fingerprint density at radius 1 is 1.18 bits per heavy atom. The third-order valence-corrected chi connectivity index (χ3v) is 3.02. The standard InChI is InChI=1S/C15H17N5OS/c1-10-9-13(17-11(2)16-10)20(3)19-15(22)18-14(21)12-7-5-4-6-8-12/h4-9H,1-3H3,(H2,18,19,21,22). The van der Waals surface area contributed by atoms with E-state index in [-0.39, 0.29) is 11.0 Å². The quantitative estimate of drug-likeness (QED) is 0.664. The lowest BCUT2D eigenvalue weighted by atomic mass is 10.2. The van der Waals surface area contributed by atoms with Gasteiger partial charge in [-0.05, 0) is 38.2 Å². The average molecular weight is 315 g/mol. The zero-order valence-corrected chi connectivity index (χ0v) is 13.4. The number of nitrogens with zero attached hydrogens (tertiary/aromatic N) is 3. The number of anilines is 1. The number of aromatic nitrogens is 2. The first-order chi connectivity index (χ1) is 10.5. The summed E-state index contributed by atoms with van der Waals surface area (Å²) in [5.74, 6) is 1.07. The highest BCUT2D eigenvalue weighted by atomic mass is 32.1. The number of hydrazine groups is 1. The number of hydrogen-bond donors (Lipinski definition) is 2. The fraction of sp³-hybridized carbons (Fsp3) is 0.200. The van der Waals surface area contributed by atoms with E-state index in [9.17, 15) is 4.79 Å². The minimum Gasteiger partial charge on any atom is -0.298 e. The molecule has 0 unspecified atom stereocenters. The predicted molar refractivity (Wildman–Crippen MR) is 89.6 cm³/mol. The second-order valence-corrected chi connectivity index (χ2v) is 5.14. The van der Waals surface area contributed by atoms with Crippen molar-refractivity contribution in [3.8, 4) is 0 Å². The van der Waals surface area contributed by atoms with Gasteiger partial charge in [0.15, 0.2) is 10.9 Å². The summed E-state index contributed by atoms with van der Waals surface area (Å²) in [5, 5.41) is 4.46. The van der Waals surface area contributed by atoms with Crippen molar-refractivity contribution in [3.63, 3.8) is 0 Å². The van der Waals surface area contributed by atoms with Crippen molar-refractivity contribution in [1.29, 1.82) is 0 Å². The molecular weight excluding hydrogens is 298 g/mol. The number of nitrogens with one attached hydrogen (secondary N) is 2. The van der Waals surface area contributed by atoms with Gasteiger partial charge in [0.25, 0.3) is 5.91 Å². The van der Waals surface area contributed by atoms with Crippen molar-refractivity contribution in [2.24, 2.45) is 0 Å². The van der Waals surface area contributed by atoms with Crippen molar-refractivity contribution in [2.45, 2.75) is 13.8 Å². The SMILES string of the molecule is Cc1cc(N(C)NC(=S)NC(=O)c2ccccc2)nc(C)n1. The summed E-state index contributed by atoms with van der Waals surface area (Å²) in [7, 11) is 1.77. The first-order valence-electron chi connectivity index (χ1n) is 6.69. The summed E-state index contributed by atoms with van der Waals surface area (Å²) in [5.41, 5.74) is 4.30. The molecule has 1 amide bonds. The van der Waals surface area contributed by atoms with Crippen LogP contribution in [0, 0.1) is 13.8 Å². The van der Waals surface area contributed by atoms with Gasteiger partial charge in [0.05, 0.1) is 0 Å². The molecule has 2 rings (SSSR count). The number of carbonyl (C=O) groups excluding carboxylic acids is 1. The molecule has 0 atom stereocenters. The number of aryl methyl sites for hydroxylation is 2. The zero-order valence-electron chi connectivity index (χ0n) is 12.6. The van der Waals surface area contributed by atoms with E-state index in [1.54, 1.807) is 36.3 Å². The molecule has 0 fully saturated rings. The van der Waals surface area contributed by atoms with Gasteiger partial charge in [-0.15, -0.1) is 0 Å². The van der Waals surface area contributed by atoms with Crippen molar-refractivity contribution < 1.29 is 4.79 Å². The Labute approximate surface area is 134 Å².